The number of amides is 2. The predicted octanol–water partition coefficient (Wildman–Crippen LogP) is 6.24. The molecule has 0 bridgehead atoms. The van der Waals surface area contributed by atoms with Crippen molar-refractivity contribution in [3.05, 3.63) is 60.0 Å². The lowest BCUT2D eigenvalue weighted by molar-refractivity contribution is -0.122. The zero-order valence-electron chi connectivity index (χ0n) is 15.5. The highest BCUT2D eigenvalue weighted by Crippen LogP contribution is 2.37. The fourth-order valence-electron chi connectivity index (χ4n) is 2.67. The summed E-state index contributed by atoms with van der Waals surface area (Å²) in [5, 5.41) is 0.692. The Balaban J connectivity index is 1.84. The molecule has 2 aromatic carbocycles. The SMILES string of the molecule is CCN1C(=O)S/C(=C/c2cc(I)c(OCc3ccc(Cl)c(Cl)c3)c(OC)c2)C1=O. The Morgan fingerprint density at radius 3 is 2.55 bits per heavy atom. The number of ether oxygens (including phenoxy) is 2. The van der Waals surface area contributed by atoms with Crippen molar-refractivity contribution in [2.45, 2.75) is 13.5 Å². The summed E-state index contributed by atoms with van der Waals surface area (Å²) in [7, 11) is 1.55. The zero-order valence-corrected chi connectivity index (χ0v) is 20.0. The first kappa shape index (κ1) is 22.3. The fraction of sp³-hybridized carbons (Fsp3) is 0.200. The van der Waals surface area contributed by atoms with Gasteiger partial charge in [-0.2, -0.15) is 0 Å². The zero-order chi connectivity index (χ0) is 21.1. The monoisotopic (exact) mass is 563 g/mol. The lowest BCUT2D eigenvalue weighted by Gasteiger charge is -2.14. The molecule has 0 unspecified atom stereocenters. The molecule has 0 aromatic heterocycles. The lowest BCUT2D eigenvalue weighted by atomic mass is 10.1. The van der Waals surface area contributed by atoms with Crippen LogP contribution in [-0.4, -0.2) is 29.7 Å². The maximum Gasteiger partial charge on any atom is 0.293 e. The van der Waals surface area contributed by atoms with Crippen molar-refractivity contribution >= 4 is 74.8 Å². The smallest absolute Gasteiger partial charge is 0.293 e. The van der Waals surface area contributed by atoms with Crippen molar-refractivity contribution in [1.29, 1.82) is 0 Å². The number of carbonyl (C=O) groups is 2. The summed E-state index contributed by atoms with van der Waals surface area (Å²) in [5.74, 6) is 0.826. The molecule has 152 valence electrons. The molecule has 0 atom stereocenters. The minimum Gasteiger partial charge on any atom is -0.493 e. The summed E-state index contributed by atoms with van der Waals surface area (Å²) in [6.07, 6.45) is 1.69. The van der Waals surface area contributed by atoms with E-state index < -0.39 is 0 Å². The molecule has 0 aliphatic carbocycles. The minimum atomic E-state index is -0.281. The first-order valence-corrected chi connectivity index (χ1v) is 11.2. The van der Waals surface area contributed by atoms with Crippen molar-refractivity contribution in [2.75, 3.05) is 13.7 Å². The second-order valence-electron chi connectivity index (χ2n) is 6.00. The number of rotatable bonds is 6. The van der Waals surface area contributed by atoms with E-state index in [4.69, 9.17) is 32.7 Å². The average Bonchev–Trinajstić information content (AvgIpc) is 2.95. The van der Waals surface area contributed by atoms with Crippen LogP contribution in [0.2, 0.25) is 10.0 Å². The van der Waals surface area contributed by atoms with E-state index in [9.17, 15) is 9.59 Å². The van der Waals surface area contributed by atoms with Crippen LogP contribution < -0.4 is 9.47 Å². The Kier molecular flexibility index (Phi) is 7.37. The van der Waals surface area contributed by atoms with E-state index in [-0.39, 0.29) is 17.8 Å². The largest absolute Gasteiger partial charge is 0.493 e. The Hall–Kier alpha value is -1.42. The molecule has 9 heteroatoms. The van der Waals surface area contributed by atoms with Crippen molar-refractivity contribution in [3.8, 4) is 11.5 Å². The van der Waals surface area contributed by atoms with Gasteiger partial charge in [-0.15, -0.1) is 0 Å². The van der Waals surface area contributed by atoms with Crippen molar-refractivity contribution < 1.29 is 19.1 Å². The number of hydrogen-bond acceptors (Lipinski definition) is 5. The number of carbonyl (C=O) groups excluding carboxylic acids is 2. The maximum atomic E-state index is 12.3. The van der Waals surface area contributed by atoms with Crippen LogP contribution in [0.25, 0.3) is 6.08 Å². The van der Waals surface area contributed by atoms with E-state index in [1.807, 2.05) is 12.1 Å². The van der Waals surface area contributed by atoms with Gasteiger partial charge in [0.2, 0.25) is 0 Å². The molecule has 0 saturated carbocycles. The molecular weight excluding hydrogens is 548 g/mol. The number of hydrogen-bond donors (Lipinski definition) is 0. The number of nitrogens with zero attached hydrogens (tertiary/aromatic N) is 1. The Bertz CT molecular complexity index is 1010. The number of thioether (sulfide) groups is 1. The molecule has 1 aliphatic rings. The van der Waals surface area contributed by atoms with Crippen LogP contribution >= 0.6 is 57.6 Å². The quantitative estimate of drug-likeness (QED) is 0.307. The van der Waals surface area contributed by atoms with Crippen LogP contribution in [0.1, 0.15) is 18.1 Å². The van der Waals surface area contributed by atoms with E-state index >= 15 is 0 Å². The summed E-state index contributed by atoms with van der Waals surface area (Å²) >= 11 is 15.1. The van der Waals surface area contributed by atoms with Crippen LogP contribution in [0.4, 0.5) is 4.79 Å². The number of benzene rings is 2. The Morgan fingerprint density at radius 2 is 1.93 bits per heavy atom. The van der Waals surface area contributed by atoms with Crippen LogP contribution in [0.15, 0.2) is 35.2 Å². The summed E-state index contributed by atoms with van der Waals surface area (Å²) in [6.45, 7) is 2.41. The molecule has 1 aliphatic heterocycles. The fourth-order valence-corrected chi connectivity index (χ4v) is 4.68. The van der Waals surface area contributed by atoms with Gasteiger partial charge < -0.3 is 9.47 Å². The highest BCUT2D eigenvalue weighted by molar-refractivity contribution is 14.1. The minimum absolute atomic E-state index is 0.257. The normalized spacial score (nSPS) is 15.3. The van der Waals surface area contributed by atoms with Gasteiger partial charge >= 0.3 is 0 Å². The van der Waals surface area contributed by atoms with Crippen molar-refractivity contribution in [1.82, 2.24) is 4.90 Å². The Morgan fingerprint density at radius 1 is 1.17 bits per heavy atom. The van der Waals surface area contributed by atoms with Crippen molar-refractivity contribution in [2.24, 2.45) is 0 Å². The van der Waals surface area contributed by atoms with Gasteiger partial charge in [-0.3, -0.25) is 14.5 Å². The van der Waals surface area contributed by atoms with Gasteiger partial charge in [0, 0.05) is 6.54 Å². The van der Waals surface area contributed by atoms with Gasteiger partial charge in [-0.1, -0.05) is 29.3 Å². The highest BCUT2D eigenvalue weighted by Gasteiger charge is 2.33. The molecule has 1 fully saturated rings. The number of imide groups is 1. The number of halogens is 3. The highest BCUT2D eigenvalue weighted by atomic mass is 127. The molecule has 0 radical (unpaired) electrons. The van der Waals surface area contributed by atoms with Gasteiger partial charge in [0.1, 0.15) is 6.61 Å². The molecule has 29 heavy (non-hydrogen) atoms. The van der Waals surface area contributed by atoms with Crippen LogP contribution in [-0.2, 0) is 11.4 Å². The van der Waals surface area contributed by atoms with E-state index in [0.717, 1.165) is 26.5 Å². The summed E-state index contributed by atoms with van der Waals surface area (Å²) in [4.78, 5) is 25.8. The average molecular weight is 564 g/mol. The molecule has 2 amide bonds. The molecule has 1 heterocycles. The first-order chi connectivity index (χ1) is 13.8. The van der Waals surface area contributed by atoms with Crippen LogP contribution in [0.5, 0.6) is 11.5 Å². The second-order valence-corrected chi connectivity index (χ2v) is 8.97. The van der Waals surface area contributed by atoms with E-state index in [1.165, 1.54) is 4.90 Å². The van der Waals surface area contributed by atoms with Crippen molar-refractivity contribution in [3.63, 3.8) is 0 Å². The lowest BCUT2D eigenvalue weighted by Crippen LogP contribution is -2.27. The van der Waals surface area contributed by atoms with Gasteiger partial charge in [-0.05, 0) is 82.7 Å². The molecule has 0 spiro atoms. The summed E-state index contributed by atoms with van der Waals surface area (Å²) < 4.78 is 12.2. The predicted molar refractivity (Wildman–Crippen MR) is 125 cm³/mol. The standard InChI is InChI=1S/C20H16Cl2INO4S/c1-3-24-19(25)17(29-20(24)26)9-12-7-15(23)18(16(8-12)27-2)28-10-11-4-5-13(21)14(22)6-11/h4-9H,3,10H2,1-2H3/b17-9+. The topological polar surface area (TPSA) is 55.8 Å². The van der Waals surface area contributed by atoms with E-state index in [0.29, 0.717) is 33.0 Å². The third-order valence-electron chi connectivity index (χ3n) is 4.11. The number of methoxy groups -OCH3 is 1. The molecular formula is C20H16Cl2INO4S. The number of likely N-dealkylation sites (N-methyl/N-ethyl adjacent to an activating group) is 1. The maximum absolute atomic E-state index is 12.3. The van der Waals surface area contributed by atoms with Gasteiger partial charge in [0.25, 0.3) is 11.1 Å². The second kappa shape index (κ2) is 9.59. The summed E-state index contributed by atoms with van der Waals surface area (Å²) in [5.41, 5.74) is 1.62. The van der Waals surface area contributed by atoms with Crippen LogP contribution in [0.3, 0.4) is 0 Å². The molecule has 2 aromatic rings. The molecule has 0 N–H and O–H groups in total. The Labute approximate surface area is 196 Å². The third kappa shape index (κ3) is 5.02. The van der Waals surface area contributed by atoms with Gasteiger partial charge in [-0.25, -0.2) is 0 Å². The molecule has 3 rings (SSSR count). The van der Waals surface area contributed by atoms with Gasteiger partial charge in [0.05, 0.1) is 25.6 Å². The van der Waals surface area contributed by atoms with E-state index in [1.54, 1.807) is 38.3 Å². The summed E-state index contributed by atoms with van der Waals surface area (Å²) in [6, 6.07) is 8.95. The molecule has 1 saturated heterocycles. The third-order valence-corrected chi connectivity index (χ3v) is 6.55. The van der Waals surface area contributed by atoms with Crippen LogP contribution in [0, 0.1) is 3.57 Å². The molecule has 5 nitrogen and oxygen atoms in total. The van der Waals surface area contributed by atoms with E-state index in [2.05, 4.69) is 22.6 Å². The first-order valence-electron chi connectivity index (χ1n) is 8.53. The van der Waals surface area contributed by atoms with Gasteiger partial charge in [0.15, 0.2) is 11.5 Å².